The Hall–Kier alpha value is -2.92. The van der Waals surface area contributed by atoms with E-state index in [1.807, 2.05) is 12.1 Å². The molecule has 0 saturated carbocycles. The molecule has 0 N–H and O–H groups in total. The van der Waals surface area contributed by atoms with Crippen molar-refractivity contribution in [2.24, 2.45) is 0 Å². The molecule has 0 amide bonds. The van der Waals surface area contributed by atoms with Gasteiger partial charge in [-0.05, 0) is 47.6 Å². The normalized spacial score (nSPS) is 16.2. The summed E-state index contributed by atoms with van der Waals surface area (Å²) in [5, 5.41) is 9.50. The van der Waals surface area contributed by atoms with E-state index in [9.17, 15) is 10.1 Å². The van der Waals surface area contributed by atoms with E-state index in [2.05, 4.69) is 19.8 Å². The molecule has 25 heavy (non-hydrogen) atoms. The number of benzene rings is 1. The molecule has 5 nitrogen and oxygen atoms in total. The Labute approximate surface area is 148 Å². The third-order valence-electron chi connectivity index (χ3n) is 4.18. The van der Waals surface area contributed by atoms with E-state index < -0.39 is 5.97 Å². The summed E-state index contributed by atoms with van der Waals surface area (Å²) in [7, 11) is 1.56. The Morgan fingerprint density at radius 3 is 2.64 bits per heavy atom. The fourth-order valence-corrected chi connectivity index (χ4v) is 3.06. The summed E-state index contributed by atoms with van der Waals surface area (Å²) in [5.74, 6) is 2.86. The van der Waals surface area contributed by atoms with E-state index in [1.54, 1.807) is 20.1 Å². The summed E-state index contributed by atoms with van der Waals surface area (Å²) in [6.45, 7) is 6.13. The number of fused-ring (bicyclic) bond motifs is 1. The average molecular weight is 339 g/mol. The van der Waals surface area contributed by atoms with Crippen LogP contribution < -0.4 is 9.47 Å². The van der Waals surface area contributed by atoms with Crippen molar-refractivity contribution < 1.29 is 19.0 Å². The van der Waals surface area contributed by atoms with Gasteiger partial charge in [-0.1, -0.05) is 19.8 Å². The van der Waals surface area contributed by atoms with Crippen LogP contribution >= 0.6 is 0 Å². The molecule has 0 aromatic heterocycles. The van der Waals surface area contributed by atoms with Gasteiger partial charge in [0.05, 0.1) is 13.7 Å². The lowest BCUT2D eigenvalue weighted by Crippen LogP contribution is -2.12. The molecule has 0 saturated heterocycles. The van der Waals surface area contributed by atoms with Crippen LogP contribution in [0.4, 0.5) is 0 Å². The van der Waals surface area contributed by atoms with Crippen LogP contribution in [-0.2, 0) is 14.9 Å². The number of ether oxygens (including phenoxy) is 3. The second kappa shape index (κ2) is 7.32. The summed E-state index contributed by atoms with van der Waals surface area (Å²) in [6.07, 6.45) is 5.81. The molecule has 2 rings (SSSR count). The minimum absolute atomic E-state index is 0.0294. The topological polar surface area (TPSA) is 68.5 Å². The second-order valence-corrected chi connectivity index (χ2v) is 6.29. The highest BCUT2D eigenvalue weighted by Gasteiger charge is 2.37. The van der Waals surface area contributed by atoms with E-state index in [0.717, 1.165) is 11.1 Å². The lowest BCUT2D eigenvalue weighted by Gasteiger charge is -2.20. The minimum Gasteiger partial charge on any atom is -0.493 e. The third kappa shape index (κ3) is 3.46. The highest BCUT2D eigenvalue weighted by molar-refractivity contribution is 6.03. The van der Waals surface area contributed by atoms with Crippen LogP contribution in [0.5, 0.6) is 11.5 Å². The van der Waals surface area contributed by atoms with Crippen LogP contribution in [0.25, 0.3) is 5.57 Å². The Balaban J connectivity index is 2.67. The van der Waals surface area contributed by atoms with Gasteiger partial charge in [-0.25, -0.2) is 4.79 Å². The van der Waals surface area contributed by atoms with Gasteiger partial charge < -0.3 is 14.2 Å². The monoisotopic (exact) mass is 339 g/mol. The number of methoxy groups -OCH3 is 1. The number of rotatable bonds is 5. The predicted octanol–water partition coefficient (Wildman–Crippen LogP) is 3.23. The highest BCUT2D eigenvalue weighted by Crippen LogP contribution is 2.50. The number of allylic oxidation sites excluding steroid dienone is 1. The van der Waals surface area contributed by atoms with E-state index >= 15 is 0 Å². The average Bonchev–Trinajstić information content (AvgIpc) is 2.83. The van der Waals surface area contributed by atoms with Crippen LogP contribution in [0.2, 0.25) is 0 Å². The van der Waals surface area contributed by atoms with Crippen molar-refractivity contribution in [2.45, 2.75) is 32.6 Å². The first kappa shape index (κ1) is 18.4. The zero-order valence-electron chi connectivity index (χ0n) is 14.9. The van der Waals surface area contributed by atoms with Gasteiger partial charge in [-0.3, -0.25) is 0 Å². The van der Waals surface area contributed by atoms with Gasteiger partial charge in [0.25, 0.3) is 0 Å². The summed E-state index contributed by atoms with van der Waals surface area (Å²) in [6, 6.07) is 5.67. The predicted molar refractivity (Wildman–Crippen MR) is 94.1 cm³/mol. The molecule has 0 bridgehead atoms. The first-order chi connectivity index (χ1) is 11.9. The maximum Gasteiger partial charge on any atom is 0.349 e. The summed E-state index contributed by atoms with van der Waals surface area (Å²) in [4.78, 5) is 12.2. The lowest BCUT2D eigenvalue weighted by atomic mass is 9.86. The Morgan fingerprint density at radius 2 is 2.08 bits per heavy atom. The first-order valence-corrected chi connectivity index (χ1v) is 7.99. The van der Waals surface area contributed by atoms with Crippen molar-refractivity contribution in [2.75, 3.05) is 20.3 Å². The van der Waals surface area contributed by atoms with Gasteiger partial charge in [0.15, 0.2) is 11.5 Å². The van der Waals surface area contributed by atoms with Crippen molar-refractivity contribution in [3.63, 3.8) is 0 Å². The Kier molecular flexibility index (Phi) is 5.39. The Bertz CT molecular complexity index is 806. The molecule has 5 heteroatoms. The number of hydrogen-bond donors (Lipinski definition) is 0. The maximum atomic E-state index is 12.2. The van der Waals surface area contributed by atoms with Gasteiger partial charge in [-0.2, -0.15) is 5.26 Å². The molecule has 0 heterocycles. The van der Waals surface area contributed by atoms with Crippen LogP contribution in [0, 0.1) is 23.7 Å². The molecule has 1 aromatic rings. The summed E-state index contributed by atoms with van der Waals surface area (Å²) < 4.78 is 16.0. The van der Waals surface area contributed by atoms with E-state index in [4.69, 9.17) is 20.6 Å². The number of carbonyl (C=O) groups is 1. The fraction of sp³-hybridized carbons (Fsp3) is 0.400. The van der Waals surface area contributed by atoms with E-state index in [1.165, 1.54) is 0 Å². The summed E-state index contributed by atoms with van der Waals surface area (Å²) in [5.41, 5.74) is 2.22. The first-order valence-electron chi connectivity index (χ1n) is 7.99. The lowest BCUT2D eigenvalue weighted by molar-refractivity contribution is -0.137. The van der Waals surface area contributed by atoms with Gasteiger partial charge in [-0.15, -0.1) is 6.42 Å². The fourth-order valence-electron chi connectivity index (χ4n) is 3.06. The van der Waals surface area contributed by atoms with Crippen molar-refractivity contribution in [1.29, 1.82) is 5.26 Å². The van der Waals surface area contributed by atoms with Crippen molar-refractivity contribution >= 4 is 11.5 Å². The van der Waals surface area contributed by atoms with Crippen molar-refractivity contribution in [1.82, 2.24) is 0 Å². The molecule has 0 unspecified atom stereocenters. The molecular formula is C20H21NO4. The summed E-state index contributed by atoms with van der Waals surface area (Å²) >= 11 is 0. The quantitative estimate of drug-likeness (QED) is 0.356. The number of terminal acetylenes is 1. The maximum absolute atomic E-state index is 12.2. The van der Waals surface area contributed by atoms with Gasteiger partial charge >= 0.3 is 5.97 Å². The van der Waals surface area contributed by atoms with Crippen LogP contribution in [0.15, 0.2) is 17.7 Å². The molecule has 0 aliphatic heterocycles. The number of nitriles is 1. The van der Waals surface area contributed by atoms with Crippen LogP contribution in [0.1, 0.15) is 38.3 Å². The minimum atomic E-state index is -0.606. The van der Waals surface area contributed by atoms with Gasteiger partial charge in [0.2, 0.25) is 0 Å². The molecular weight excluding hydrogens is 318 g/mol. The highest BCUT2D eigenvalue weighted by atomic mass is 16.5. The van der Waals surface area contributed by atoms with Crippen molar-refractivity contribution in [3.05, 3.63) is 28.8 Å². The third-order valence-corrected chi connectivity index (χ3v) is 4.18. The molecule has 0 atom stereocenters. The van der Waals surface area contributed by atoms with Crippen molar-refractivity contribution in [3.8, 4) is 29.9 Å². The standard InChI is InChI=1S/C20H21NO4/c1-6-8-25-18-9-13-14(15(12-21)19(22)24-7-2)11-20(3,4)16(13)10-17(18)23-5/h1,9-10H,7-8,11H2,2-5H3/b15-14+. The number of carbonyl (C=O) groups excluding carboxylic acids is 1. The number of hydrogen-bond acceptors (Lipinski definition) is 5. The van der Waals surface area contributed by atoms with E-state index in [0.29, 0.717) is 23.5 Å². The molecule has 1 aliphatic carbocycles. The number of nitrogens with zero attached hydrogens (tertiary/aromatic N) is 1. The molecule has 130 valence electrons. The molecule has 0 spiro atoms. The zero-order chi connectivity index (χ0) is 18.6. The Morgan fingerprint density at radius 1 is 1.36 bits per heavy atom. The largest absolute Gasteiger partial charge is 0.493 e. The molecule has 0 radical (unpaired) electrons. The molecule has 1 aliphatic rings. The zero-order valence-corrected chi connectivity index (χ0v) is 14.9. The smallest absolute Gasteiger partial charge is 0.349 e. The van der Waals surface area contributed by atoms with Crippen LogP contribution in [-0.4, -0.2) is 26.3 Å². The number of esters is 1. The van der Waals surface area contributed by atoms with Crippen LogP contribution in [0.3, 0.4) is 0 Å². The molecule has 1 aromatic carbocycles. The van der Waals surface area contributed by atoms with Gasteiger partial charge in [0.1, 0.15) is 18.2 Å². The second-order valence-electron chi connectivity index (χ2n) is 6.29. The van der Waals surface area contributed by atoms with Gasteiger partial charge in [0, 0.05) is 0 Å². The van der Waals surface area contributed by atoms with E-state index in [-0.39, 0.29) is 24.2 Å². The molecule has 0 fully saturated rings. The SMILES string of the molecule is C#CCOc1cc2c(cc1OC)C(C)(C)C/C2=C(/C#N)C(=O)OCC.